The molecule has 4 rings (SSSR count). The van der Waals surface area contributed by atoms with Crippen molar-refractivity contribution < 1.29 is 23.4 Å². The van der Waals surface area contributed by atoms with Crippen molar-refractivity contribution in [3.63, 3.8) is 0 Å². The lowest BCUT2D eigenvalue weighted by atomic mass is 9.98. The highest BCUT2D eigenvalue weighted by Gasteiger charge is 2.26. The molecule has 0 saturated heterocycles. The van der Waals surface area contributed by atoms with E-state index in [1.165, 1.54) is 24.3 Å². The SMILES string of the molecule is O[C@H](CNCCC1CCc2cc(F)ccc2O1)C1CCc2cc(F)ccc2O1. The second kappa shape index (κ2) is 8.45. The van der Waals surface area contributed by atoms with Gasteiger partial charge in [-0.25, -0.2) is 8.78 Å². The van der Waals surface area contributed by atoms with Crippen LogP contribution in [0, 0.1) is 11.6 Å². The molecule has 28 heavy (non-hydrogen) atoms. The number of aliphatic hydroxyl groups is 1. The molecule has 2 heterocycles. The number of hydrogen-bond acceptors (Lipinski definition) is 4. The number of ether oxygens (including phenoxy) is 2. The summed E-state index contributed by atoms with van der Waals surface area (Å²) in [6.45, 7) is 1.14. The Labute approximate surface area is 163 Å². The van der Waals surface area contributed by atoms with Crippen LogP contribution in [0.4, 0.5) is 8.78 Å². The van der Waals surface area contributed by atoms with Crippen molar-refractivity contribution in [3.05, 3.63) is 59.2 Å². The summed E-state index contributed by atoms with van der Waals surface area (Å²) < 4.78 is 38.3. The fraction of sp³-hybridized carbons (Fsp3) is 0.455. The highest BCUT2D eigenvalue weighted by molar-refractivity contribution is 5.36. The lowest BCUT2D eigenvalue weighted by molar-refractivity contribution is 0.0240. The van der Waals surface area contributed by atoms with E-state index in [4.69, 9.17) is 9.47 Å². The van der Waals surface area contributed by atoms with E-state index in [0.717, 1.165) is 36.1 Å². The van der Waals surface area contributed by atoms with Gasteiger partial charge in [-0.15, -0.1) is 0 Å². The van der Waals surface area contributed by atoms with Crippen molar-refractivity contribution in [2.75, 3.05) is 13.1 Å². The van der Waals surface area contributed by atoms with Crippen LogP contribution in [0.1, 0.15) is 30.4 Å². The topological polar surface area (TPSA) is 50.7 Å². The van der Waals surface area contributed by atoms with Gasteiger partial charge in [-0.05, 0) is 86.2 Å². The summed E-state index contributed by atoms with van der Waals surface area (Å²) in [5.74, 6) is 0.931. The highest BCUT2D eigenvalue weighted by atomic mass is 19.1. The van der Waals surface area contributed by atoms with Crippen LogP contribution in [0.3, 0.4) is 0 Å². The van der Waals surface area contributed by atoms with Crippen LogP contribution in [0.15, 0.2) is 36.4 Å². The predicted molar refractivity (Wildman–Crippen MR) is 102 cm³/mol. The third-order valence-corrected chi connectivity index (χ3v) is 5.48. The normalized spacial score (nSPS) is 21.8. The van der Waals surface area contributed by atoms with Gasteiger partial charge < -0.3 is 19.9 Å². The summed E-state index contributed by atoms with van der Waals surface area (Å²) in [5.41, 5.74) is 1.78. The summed E-state index contributed by atoms with van der Waals surface area (Å²) in [7, 11) is 0. The number of aryl methyl sites for hydroxylation is 2. The molecule has 0 aromatic heterocycles. The van der Waals surface area contributed by atoms with Gasteiger partial charge in [0.1, 0.15) is 41.4 Å². The summed E-state index contributed by atoms with van der Waals surface area (Å²) in [5, 5.41) is 13.7. The van der Waals surface area contributed by atoms with Gasteiger partial charge in [-0.1, -0.05) is 0 Å². The van der Waals surface area contributed by atoms with E-state index in [-0.39, 0.29) is 23.8 Å². The Morgan fingerprint density at radius 2 is 1.61 bits per heavy atom. The zero-order valence-corrected chi connectivity index (χ0v) is 15.7. The van der Waals surface area contributed by atoms with Crippen LogP contribution in [-0.2, 0) is 12.8 Å². The molecular formula is C22H25F2NO3. The van der Waals surface area contributed by atoms with Crippen molar-refractivity contribution in [1.29, 1.82) is 0 Å². The van der Waals surface area contributed by atoms with E-state index in [9.17, 15) is 13.9 Å². The Bertz CT molecular complexity index is 829. The van der Waals surface area contributed by atoms with Crippen molar-refractivity contribution in [2.45, 2.75) is 50.4 Å². The first kappa shape index (κ1) is 19.2. The van der Waals surface area contributed by atoms with E-state index >= 15 is 0 Å². The number of rotatable bonds is 6. The molecule has 2 N–H and O–H groups in total. The molecule has 2 unspecified atom stereocenters. The number of halogens is 2. The van der Waals surface area contributed by atoms with Gasteiger partial charge in [-0.2, -0.15) is 0 Å². The third-order valence-electron chi connectivity index (χ3n) is 5.48. The first-order valence-corrected chi connectivity index (χ1v) is 9.87. The van der Waals surface area contributed by atoms with E-state index in [0.29, 0.717) is 31.7 Å². The Morgan fingerprint density at radius 1 is 0.964 bits per heavy atom. The number of fused-ring (bicyclic) bond motifs is 2. The number of hydrogen-bond donors (Lipinski definition) is 2. The Balaban J connectivity index is 1.20. The van der Waals surface area contributed by atoms with Gasteiger partial charge in [-0.3, -0.25) is 0 Å². The highest BCUT2D eigenvalue weighted by Crippen LogP contribution is 2.30. The fourth-order valence-corrected chi connectivity index (χ4v) is 3.91. The molecule has 2 aromatic carbocycles. The van der Waals surface area contributed by atoms with E-state index in [2.05, 4.69) is 5.32 Å². The Morgan fingerprint density at radius 3 is 2.32 bits per heavy atom. The molecule has 0 fully saturated rings. The van der Waals surface area contributed by atoms with Gasteiger partial charge >= 0.3 is 0 Å². The summed E-state index contributed by atoms with van der Waals surface area (Å²) in [4.78, 5) is 0. The average molecular weight is 389 g/mol. The first-order chi connectivity index (χ1) is 13.6. The monoisotopic (exact) mass is 389 g/mol. The van der Waals surface area contributed by atoms with Crippen LogP contribution >= 0.6 is 0 Å². The largest absolute Gasteiger partial charge is 0.490 e. The maximum absolute atomic E-state index is 13.3. The maximum atomic E-state index is 13.3. The zero-order valence-electron chi connectivity index (χ0n) is 15.7. The minimum absolute atomic E-state index is 0.0929. The second-order valence-electron chi connectivity index (χ2n) is 7.54. The molecule has 0 aliphatic carbocycles. The van der Waals surface area contributed by atoms with E-state index in [1.807, 2.05) is 0 Å². The van der Waals surface area contributed by atoms with Crippen molar-refractivity contribution in [3.8, 4) is 11.5 Å². The minimum atomic E-state index is -0.630. The number of aliphatic hydroxyl groups excluding tert-OH is 1. The molecule has 2 aromatic rings. The van der Waals surface area contributed by atoms with Crippen molar-refractivity contribution >= 4 is 0 Å². The first-order valence-electron chi connectivity index (χ1n) is 9.87. The molecular weight excluding hydrogens is 364 g/mol. The standard InChI is InChI=1S/C22H25F2NO3/c23-16-3-7-20-14(11-16)1-5-18(27-20)9-10-25-13-19(26)22-6-2-15-12-17(24)4-8-21(15)28-22/h3-4,7-8,11-12,18-19,22,25-26H,1-2,5-6,9-10,13H2/t18?,19-,22?/m1/s1. The van der Waals surface area contributed by atoms with Gasteiger partial charge in [0.05, 0.1) is 0 Å². The van der Waals surface area contributed by atoms with Crippen LogP contribution in [0.5, 0.6) is 11.5 Å². The maximum Gasteiger partial charge on any atom is 0.126 e. The lowest BCUT2D eigenvalue weighted by Gasteiger charge is -2.30. The molecule has 3 atom stereocenters. The van der Waals surface area contributed by atoms with Gasteiger partial charge in [0.15, 0.2) is 0 Å². The van der Waals surface area contributed by atoms with Crippen molar-refractivity contribution in [1.82, 2.24) is 5.32 Å². The summed E-state index contributed by atoms with van der Waals surface area (Å²) in [6, 6.07) is 9.15. The van der Waals surface area contributed by atoms with Gasteiger partial charge in [0, 0.05) is 6.54 Å². The van der Waals surface area contributed by atoms with Crippen LogP contribution < -0.4 is 14.8 Å². The average Bonchev–Trinajstić information content (AvgIpc) is 2.70. The lowest BCUT2D eigenvalue weighted by Crippen LogP contribution is -2.42. The Kier molecular flexibility index (Phi) is 5.78. The van der Waals surface area contributed by atoms with Crippen molar-refractivity contribution in [2.24, 2.45) is 0 Å². The Hall–Kier alpha value is -2.18. The molecule has 4 nitrogen and oxygen atoms in total. The predicted octanol–water partition coefficient (Wildman–Crippen LogP) is 3.39. The number of benzene rings is 2. The van der Waals surface area contributed by atoms with Crippen LogP contribution in [0.25, 0.3) is 0 Å². The molecule has 0 bridgehead atoms. The smallest absolute Gasteiger partial charge is 0.126 e. The van der Waals surface area contributed by atoms with E-state index in [1.54, 1.807) is 12.1 Å². The fourth-order valence-electron chi connectivity index (χ4n) is 3.91. The van der Waals surface area contributed by atoms with Crippen LogP contribution in [0.2, 0.25) is 0 Å². The molecule has 0 amide bonds. The molecule has 0 spiro atoms. The van der Waals surface area contributed by atoms with Crippen LogP contribution in [-0.4, -0.2) is 36.5 Å². The molecule has 6 heteroatoms. The summed E-state index contributed by atoms with van der Waals surface area (Å²) >= 11 is 0. The molecule has 2 aliphatic rings. The number of nitrogens with one attached hydrogen (secondary N) is 1. The molecule has 0 radical (unpaired) electrons. The molecule has 150 valence electrons. The molecule has 2 aliphatic heterocycles. The van der Waals surface area contributed by atoms with E-state index < -0.39 is 6.10 Å². The summed E-state index contributed by atoms with van der Waals surface area (Å²) in [6.07, 6.45) is 3.03. The minimum Gasteiger partial charge on any atom is -0.490 e. The van der Waals surface area contributed by atoms with Gasteiger partial charge in [0.2, 0.25) is 0 Å². The third kappa shape index (κ3) is 4.45. The quantitative estimate of drug-likeness (QED) is 0.744. The second-order valence-corrected chi connectivity index (χ2v) is 7.54. The zero-order chi connectivity index (χ0) is 19.5. The van der Waals surface area contributed by atoms with Gasteiger partial charge in [0.25, 0.3) is 0 Å². The molecule has 0 saturated carbocycles.